The van der Waals surface area contributed by atoms with Crippen LogP contribution >= 0.6 is 0 Å². The number of rotatable bonds is 9. The van der Waals surface area contributed by atoms with Crippen LogP contribution in [0.15, 0.2) is 225 Å². The zero-order chi connectivity index (χ0) is 40.1. The van der Waals surface area contributed by atoms with Gasteiger partial charge in [0, 0.05) is 40.2 Å². The van der Waals surface area contributed by atoms with E-state index in [1.54, 1.807) is 0 Å². The molecule has 0 amide bonds. The zero-order valence-corrected chi connectivity index (χ0v) is 32.6. The van der Waals surface area contributed by atoms with Gasteiger partial charge >= 0.3 is 0 Å². The van der Waals surface area contributed by atoms with Gasteiger partial charge in [0.2, 0.25) is 0 Å². The van der Waals surface area contributed by atoms with E-state index in [2.05, 4.69) is 127 Å². The second-order valence-corrected chi connectivity index (χ2v) is 14.6. The van der Waals surface area contributed by atoms with E-state index in [9.17, 15) is 0 Å². The van der Waals surface area contributed by atoms with Crippen molar-refractivity contribution in [1.82, 2.24) is 24.9 Å². The Hall–Kier alpha value is -8.15. The largest absolute Gasteiger partial charge is 0.254 e. The van der Waals surface area contributed by atoms with Gasteiger partial charge in [-0.15, -0.1) is 0 Å². The Balaban J connectivity index is 0.900. The minimum Gasteiger partial charge on any atom is -0.254 e. The third kappa shape index (κ3) is 7.76. The second-order valence-electron chi connectivity index (χ2n) is 14.6. The highest BCUT2D eigenvalue weighted by Crippen LogP contribution is 2.33. The molecule has 0 saturated carbocycles. The Bertz CT molecular complexity index is 2950. The Morgan fingerprint density at radius 1 is 0.200 bits per heavy atom. The van der Waals surface area contributed by atoms with Crippen LogP contribution in [-0.2, 0) is 0 Å². The van der Waals surface area contributed by atoms with Crippen LogP contribution in [0.3, 0.4) is 0 Å². The third-order valence-electron chi connectivity index (χ3n) is 10.7. The highest BCUT2D eigenvalue weighted by atomic mass is 14.9. The molecule has 0 bridgehead atoms. The van der Waals surface area contributed by atoms with Gasteiger partial charge in [-0.1, -0.05) is 182 Å². The highest BCUT2D eigenvalue weighted by Gasteiger charge is 2.14. The van der Waals surface area contributed by atoms with E-state index in [1.807, 2.05) is 97.3 Å². The molecule has 60 heavy (non-hydrogen) atoms. The SMILES string of the molecule is c1ccc(-c2ccc(-c3cc(-c4ccccc4)cc(-c4ccc(-c5ccc(-c6ccc(-c7cc(-c8ccccc8)nc(-c8ccccc8)n7)cc6)cc5)cn4)n3)nc2)cc1. The van der Waals surface area contributed by atoms with Crippen LogP contribution in [0, 0.1) is 0 Å². The topological polar surface area (TPSA) is 64.5 Å². The van der Waals surface area contributed by atoms with Crippen molar-refractivity contribution in [3.8, 4) is 101 Å². The van der Waals surface area contributed by atoms with E-state index in [1.165, 1.54) is 0 Å². The maximum absolute atomic E-state index is 5.08. The first kappa shape index (κ1) is 36.2. The molecule has 5 heteroatoms. The summed E-state index contributed by atoms with van der Waals surface area (Å²) < 4.78 is 0. The average molecular weight is 768 g/mol. The molecular formula is C55H37N5. The molecule has 6 aromatic carbocycles. The number of hydrogen-bond donors (Lipinski definition) is 0. The quantitative estimate of drug-likeness (QED) is 0.146. The van der Waals surface area contributed by atoms with Gasteiger partial charge in [-0.05, 0) is 63.7 Å². The summed E-state index contributed by atoms with van der Waals surface area (Å²) in [5, 5.41) is 0. The molecule has 282 valence electrons. The van der Waals surface area contributed by atoms with Crippen molar-refractivity contribution in [3.05, 3.63) is 225 Å². The molecule has 0 unspecified atom stereocenters. The van der Waals surface area contributed by atoms with E-state index in [0.29, 0.717) is 5.82 Å². The predicted octanol–water partition coefficient (Wildman–Crippen LogP) is 13.7. The van der Waals surface area contributed by atoms with Gasteiger partial charge in [-0.3, -0.25) is 9.97 Å². The summed E-state index contributed by atoms with van der Waals surface area (Å²) in [6.07, 6.45) is 3.84. The first-order valence-corrected chi connectivity index (χ1v) is 20.0. The molecular weight excluding hydrogens is 731 g/mol. The number of pyridine rings is 3. The third-order valence-corrected chi connectivity index (χ3v) is 10.7. The lowest BCUT2D eigenvalue weighted by Crippen LogP contribution is -1.95. The molecule has 0 spiro atoms. The fourth-order valence-electron chi connectivity index (χ4n) is 7.41. The van der Waals surface area contributed by atoms with Crippen molar-refractivity contribution in [1.29, 1.82) is 0 Å². The molecule has 0 aliphatic heterocycles. The van der Waals surface area contributed by atoms with Gasteiger partial charge in [0.25, 0.3) is 0 Å². The van der Waals surface area contributed by atoms with Crippen LogP contribution < -0.4 is 0 Å². The van der Waals surface area contributed by atoms with Gasteiger partial charge in [0.05, 0.1) is 34.2 Å². The van der Waals surface area contributed by atoms with E-state index in [-0.39, 0.29) is 0 Å². The van der Waals surface area contributed by atoms with Gasteiger partial charge in [0.15, 0.2) is 5.82 Å². The minimum absolute atomic E-state index is 0.707. The summed E-state index contributed by atoms with van der Waals surface area (Å²) in [5.41, 5.74) is 16.8. The first-order chi connectivity index (χ1) is 29.7. The number of hydrogen-bond acceptors (Lipinski definition) is 5. The summed E-state index contributed by atoms with van der Waals surface area (Å²) >= 11 is 0. The van der Waals surface area contributed by atoms with E-state index < -0.39 is 0 Å². The second kappa shape index (κ2) is 16.4. The fourth-order valence-corrected chi connectivity index (χ4v) is 7.41. The lowest BCUT2D eigenvalue weighted by Gasteiger charge is -2.11. The highest BCUT2D eigenvalue weighted by molar-refractivity contribution is 5.78. The van der Waals surface area contributed by atoms with Crippen LogP contribution in [0.25, 0.3) is 101 Å². The van der Waals surface area contributed by atoms with Crippen LogP contribution in [0.1, 0.15) is 0 Å². The van der Waals surface area contributed by atoms with Gasteiger partial charge < -0.3 is 0 Å². The molecule has 0 fully saturated rings. The van der Waals surface area contributed by atoms with E-state index >= 15 is 0 Å². The van der Waals surface area contributed by atoms with Gasteiger partial charge in [0.1, 0.15) is 0 Å². The first-order valence-electron chi connectivity index (χ1n) is 20.0. The molecule has 0 aliphatic carbocycles. The van der Waals surface area contributed by atoms with E-state index in [4.69, 9.17) is 24.9 Å². The summed E-state index contributed by atoms with van der Waals surface area (Å²) in [4.78, 5) is 24.8. The maximum Gasteiger partial charge on any atom is 0.160 e. The van der Waals surface area contributed by atoms with Crippen LogP contribution in [0.5, 0.6) is 0 Å². The summed E-state index contributed by atoms with van der Waals surface area (Å²) in [6, 6.07) is 72.9. The molecule has 10 aromatic rings. The maximum atomic E-state index is 5.08. The monoisotopic (exact) mass is 767 g/mol. The van der Waals surface area contributed by atoms with Crippen molar-refractivity contribution >= 4 is 0 Å². The van der Waals surface area contributed by atoms with E-state index in [0.717, 1.165) is 95.4 Å². The molecule has 0 radical (unpaired) electrons. The number of benzene rings is 6. The predicted molar refractivity (Wildman–Crippen MR) is 244 cm³/mol. The standard InChI is InChI=1S/C55H37N5/c1-5-13-38(14-6-1)46-29-31-49(56-36-46)53-33-48(39-15-7-2-8-16-39)34-54(58-53)50-32-30-47(37-57-50)42-23-21-40(22-24-42)41-25-27-44(28-26-41)52-35-51(43-17-9-3-10-18-43)59-55(60-52)45-19-11-4-12-20-45/h1-37H. The molecule has 0 aliphatic rings. The molecule has 0 N–H and O–H groups in total. The lowest BCUT2D eigenvalue weighted by atomic mass is 9.99. The molecule has 10 rings (SSSR count). The Morgan fingerprint density at radius 2 is 0.533 bits per heavy atom. The van der Waals surface area contributed by atoms with Crippen LogP contribution in [0.4, 0.5) is 0 Å². The van der Waals surface area contributed by atoms with Crippen molar-refractivity contribution in [2.24, 2.45) is 0 Å². The minimum atomic E-state index is 0.707. The smallest absolute Gasteiger partial charge is 0.160 e. The van der Waals surface area contributed by atoms with Gasteiger partial charge in [-0.2, -0.15) is 0 Å². The normalized spacial score (nSPS) is 11.0. The molecule has 4 aromatic heterocycles. The van der Waals surface area contributed by atoms with Crippen molar-refractivity contribution in [2.45, 2.75) is 0 Å². The number of nitrogens with zero attached hydrogens (tertiary/aromatic N) is 5. The molecule has 0 atom stereocenters. The summed E-state index contributed by atoms with van der Waals surface area (Å²) in [6.45, 7) is 0. The summed E-state index contributed by atoms with van der Waals surface area (Å²) in [7, 11) is 0. The summed E-state index contributed by atoms with van der Waals surface area (Å²) in [5.74, 6) is 0.707. The van der Waals surface area contributed by atoms with Crippen LogP contribution in [-0.4, -0.2) is 24.9 Å². The van der Waals surface area contributed by atoms with Crippen molar-refractivity contribution in [2.75, 3.05) is 0 Å². The van der Waals surface area contributed by atoms with Gasteiger partial charge in [-0.25, -0.2) is 15.0 Å². The molecule has 4 heterocycles. The Labute approximate surface area is 349 Å². The zero-order valence-electron chi connectivity index (χ0n) is 32.6. The lowest BCUT2D eigenvalue weighted by molar-refractivity contribution is 1.18. The Morgan fingerprint density at radius 3 is 0.967 bits per heavy atom. The van der Waals surface area contributed by atoms with Crippen molar-refractivity contribution in [3.63, 3.8) is 0 Å². The number of aromatic nitrogens is 5. The molecule has 5 nitrogen and oxygen atoms in total. The fraction of sp³-hybridized carbons (Fsp3) is 0. The van der Waals surface area contributed by atoms with Crippen LogP contribution in [0.2, 0.25) is 0 Å². The average Bonchev–Trinajstić information content (AvgIpc) is 3.35. The van der Waals surface area contributed by atoms with Crippen molar-refractivity contribution < 1.29 is 0 Å². The molecule has 0 saturated heterocycles. The Kier molecular flexibility index (Phi) is 9.88.